The molecule has 0 aliphatic heterocycles. The molecule has 0 spiro atoms. The number of rotatable bonds is 5. The summed E-state index contributed by atoms with van der Waals surface area (Å²) in [6, 6.07) is 21.1. The van der Waals surface area contributed by atoms with Gasteiger partial charge in [0.05, 0.1) is 17.1 Å². The summed E-state index contributed by atoms with van der Waals surface area (Å²) < 4.78 is 2.09. The molecule has 0 saturated heterocycles. The number of nitrogens with one attached hydrogen (secondary N) is 1. The van der Waals surface area contributed by atoms with Gasteiger partial charge in [-0.05, 0) is 66.3 Å². The lowest BCUT2D eigenvalue weighted by Crippen LogP contribution is -2.27. The molecule has 5 heteroatoms. The van der Waals surface area contributed by atoms with Gasteiger partial charge in [-0.3, -0.25) is 4.79 Å². The Bertz CT molecular complexity index is 1310. The van der Waals surface area contributed by atoms with Crippen LogP contribution in [-0.4, -0.2) is 20.6 Å². The van der Waals surface area contributed by atoms with Crippen LogP contribution < -0.4 is 5.32 Å². The van der Waals surface area contributed by atoms with Crippen molar-refractivity contribution in [2.75, 3.05) is 0 Å². The van der Waals surface area contributed by atoms with E-state index in [4.69, 9.17) is 0 Å². The predicted molar refractivity (Wildman–Crippen MR) is 133 cm³/mol. The van der Waals surface area contributed by atoms with Crippen LogP contribution in [0.25, 0.3) is 11.0 Å². The molecule has 0 bridgehead atoms. The Hall–Kier alpha value is -3.60. The van der Waals surface area contributed by atoms with Gasteiger partial charge in [0.25, 0.3) is 5.91 Å². The minimum Gasteiger partial charge on any atom is -0.508 e. The van der Waals surface area contributed by atoms with E-state index in [0.717, 1.165) is 28.0 Å². The van der Waals surface area contributed by atoms with Gasteiger partial charge in [0, 0.05) is 12.1 Å². The van der Waals surface area contributed by atoms with Gasteiger partial charge in [-0.15, -0.1) is 0 Å². The number of aromatic nitrogens is 2. The van der Waals surface area contributed by atoms with Crippen LogP contribution in [-0.2, 0) is 12.0 Å². The summed E-state index contributed by atoms with van der Waals surface area (Å²) >= 11 is 0. The maximum atomic E-state index is 13.0. The highest BCUT2D eigenvalue weighted by atomic mass is 16.3. The van der Waals surface area contributed by atoms with Crippen LogP contribution >= 0.6 is 0 Å². The summed E-state index contributed by atoms with van der Waals surface area (Å²) in [6.07, 6.45) is 0. The molecule has 3 aromatic carbocycles. The molecule has 0 saturated carbocycles. The summed E-state index contributed by atoms with van der Waals surface area (Å²) in [5, 5.41) is 12.9. The number of hydrogen-bond donors (Lipinski definition) is 2. The number of amides is 1. The van der Waals surface area contributed by atoms with Crippen LogP contribution in [0.1, 0.15) is 66.6 Å². The lowest BCUT2D eigenvalue weighted by Gasteiger charge is -2.22. The Balaban J connectivity index is 1.55. The van der Waals surface area contributed by atoms with E-state index in [1.807, 2.05) is 50.2 Å². The van der Waals surface area contributed by atoms with Crippen LogP contribution in [0.3, 0.4) is 0 Å². The van der Waals surface area contributed by atoms with E-state index >= 15 is 0 Å². The van der Waals surface area contributed by atoms with E-state index in [-0.39, 0.29) is 23.1 Å². The van der Waals surface area contributed by atoms with E-state index in [0.29, 0.717) is 12.1 Å². The van der Waals surface area contributed by atoms with E-state index < -0.39 is 0 Å². The van der Waals surface area contributed by atoms with Crippen molar-refractivity contribution in [1.82, 2.24) is 14.9 Å². The van der Waals surface area contributed by atoms with Crippen molar-refractivity contribution in [2.24, 2.45) is 0 Å². The molecule has 0 aliphatic carbocycles. The number of phenolic OH excluding ortho intramolecular Hbond substituents is 1. The summed E-state index contributed by atoms with van der Waals surface area (Å²) in [5.74, 6) is 0.986. The molecule has 1 amide bonds. The Labute approximate surface area is 195 Å². The van der Waals surface area contributed by atoms with Crippen molar-refractivity contribution in [1.29, 1.82) is 0 Å². The molecular weight excluding hydrogens is 410 g/mol. The van der Waals surface area contributed by atoms with Gasteiger partial charge in [-0.1, -0.05) is 57.2 Å². The molecule has 1 atom stereocenters. The number of aryl methyl sites for hydroxylation is 1. The van der Waals surface area contributed by atoms with Crippen LogP contribution in [0, 0.1) is 6.92 Å². The average molecular weight is 442 g/mol. The molecule has 170 valence electrons. The van der Waals surface area contributed by atoms with E-state index in [1.165, 1.54) is 5.56 Å². The number of fused-ring (bicyclic) bond motifs is 1. The lowest BCUT2D eigenvalue weighted by molar-refractivity contribution is 0.0940. The van der Waals surface area contributed by atoms with Crippen molar-refractivity contribution in [3.8, 4) is 5.75 Å². The van der Waals surface area contributed by atoms with Gasteiger partial charge in [0.2, 0.25) is 0 Å². The first-order valence-electron chi connectivity index (χ1n) is 11.3. The highest BCUT2D eigenvalue weighted by molar-refractivity contribution is 5.97. The fourth-order valence-corrected chi connectivity index (χ4v) is 4.07. The lowest BCUT2D eigenvalue weighted by atomic mass is 9.85. The summed E-state index contributed by atoms with van der Waals surface area (Å²) in [7, 11) is 0. The molecule has 2 N–H and O–H groups in total. The molecule has 4 aromatic rings. The molecular formula is C28H31N3O2. The second-order valence-electron chi connectivity index (χ2n) is 9.69. The fraction of sp³-hybridized carbons (Fsp3) is 0.286. The number of nitrogens with zero attached hydrogens (tertiary/aromatic N) is 2. The first kappa shape index (κ1) is 22.6. The molecule has 0 radical (unpaired) electrons. The number of carbonyl (C=O) groups is 1. The monoisotopic (exact) mass is 441 g/mol. The first-order valence-corrected chi connectivity index (χ1v) is 11.3. The Morgan fingerprint density at radius 1 is 1.06 bits per heavy atom. The minimum atomic E-state index is -0.120. The molecule has 33 heavy (non-hydrogen) atoms. The molecule has 0 fully saturated rings. The predicted octanol–water partition coefficient (Wildman–Crippen LogP) is 5.89. The Morgan fingerprint density at radius 3 is 2.55 bits per heavy atom. The fourth-order valence-electron chi connectivity index (χ4n) is 4.07. The Kier molecular flexibility index (Phi) is 5.98. The number of benzene rings is 3. The van der Waals surface area contributed by atoms with Crippen molar-refractivity contribution in [3.05, 3.63) is 94.8 Å². The van der Waals surface area contributed by atoms with Gasteiger partial charge in [-0.2, -0.15) is 0 Å². The zero-order valence-electron chi connectivity index (χ0n) is 19.9. The highest BCUT2D eigenvalue weighted by Gasteiger charge is 2.18. The first-order chi connectivity index (χ1) is 15.6. The van der Waals surface area contributed by atoms with E-state index in [9.17, 15) is 9.90 Å². The Morgan fingerprint density at radius 2 is 1.82 bits per heavy atom. The van der Waals surface area contributed by atoms with Crippen molar-refractivity contribution in [2.45, 2.75) is 52.6 Å². The molecule has 1 aromatic heterocycles. The van der Waals surface area contributed by atoms with Crippen LogP contribution in [0.5, 0.6) is 5.75 Å². The standard InChI is InChI=1S/C28H31N3O2/c1-18(21-9-7-10-23(15-21)28(3,4)5)29-27(33)22-12-13-26-25(16-22)30-19(2)31(26)17-20-8-6-11-24(32)14-20/h6-16,18,32H,17H2,1-5H3,(H,29,33)/t18-/m0/s1. The van der Waals surface area contributed by atoms with Crippen LogP contribution in [0.15, 0.2) is 66.7 Å². The number of phenols is 1. The number of aromatic hydroxyl groups is 1. The van der Waals surface area contributed by atoms with Gasteiger partial charge in [0.15, 0.2) is 0 Å². The third kappa shape index (κ3) is 4.92. The zero-order valence-corrected chi connectivity index (χ0v) is 19.9. The molecule has 0 aliphatic rings. The van der Waals surface area contributed by atoms with Crippen LogP contribution in [0.4, 0.5) is 0 Å². The minimum absolute atomic E-state index is 0.0555. The number of hydrogen-bond acceptors (Lipinski definition) is 3. The number of carbonyl (C=O) groups excluding carboxylic acids is 1. The topological polar surface area (TPSA) is 67.2 Å². The quantitative estimate of drug-likeness (QED) is 0.406. The molecule has 0 unspecified atom stereocenters. The van der Waals surface area contributed by atoms with Crippen molar-refractivity contribution in [3.63, 3.8) is 0 Å². The average Bonchev–Trinajstić information content (AvgIpc) is 3.07. The van der Waals surface area contributed by atoms with Gasteiger partial charge < -0.3 is 15.0 Å². The number of imidazole rings is 1. The summed E-state index contributed by atoms with van der Waals surface area (Å²) in [5.41, 5.74) is 5.70. The smallest absolute Gasteiger partial charge is 0.251 e. The summed E-state index contributed by atoms with van der Waals surface area (Å²) in [4.78, 5) is 17.7. The third-order valence-electron chi connectivity index (χ3n) is 6.05. The van der Waals surface area contributed by atoms with E-state index in [2.05, 4.69) is 53.8 Å². The third-order valence-corrected chi connectivity index (χ3v) is 6.05. The second kappa shape index (κ2) is 8.74. The molecule has 4 rings (SSSR count). The zero-order chi connectivity index (χ0) is 23.8. The largest absolute Gasteiger partial charge is 0.508 e. The van der Waals surface area contributed by atoms with Crippen LogP contribution in [0.2, 0.25) is 0 Å². The normalized spacial score (nSPS) is 12.6. The van der Waals surface area contributed by atoms with Crippen molar-refractivity contribution >= 4 is 16.9 Å². The molecule has 5 nitrogen and oxygen atoms in total. The SMILES string of the molecule is Cc1nc2cc(C(=O)N[C@@H](C)c3cccc(C(C)(C)C)c3)ccc2n1Cc1cccc(O)c1. The maximum absolute atomic E-state index is 13.0. The summed E-state index contributed by atoms with van der Waals surface area (Å²) in [6.45, 7) is 11.1. The van der Waals surface area contributed by atoms with E-state index in [1.54, 1.807) is 12.1 Å². The van der Waals surface area contributed by atoms with Gasteiger partial charge in [0.1, 0.15) is 11.6 Å². The van der Waals surface area contributed by atoms with Gasteiger partial charge >= 0.3 is 0 Å². The highest BCUT2D eigenvalue weighted by Crippen LogP contribution is 2.26. The molecule has 1 heterocycles. The maximum Gasteiger partial charge on any atom is 0.251 e. The van der Waals surface area contributed by atoms with Gasteiger partial charge in [-0.25, -0.2) is 4.98 Å². The van der Waals surface area contributed by atoms with Crippen molar-refractivity contribution < 1.29 is 9.90 Å². The second-order valence-corrected chi connectivity index (χ2v) is 9.69.